The van der Waals surface area contributed by atoms with E-state index in [4.69, 9.17) is 0 Å². The normalized spacial score (nSPS) is 9.40. The van der Waals surface area contributed by atoms with Gasteiger partial charge in [-0.2, -0.15) is 0 Å². The molecule has 0 aliphatic heterocycles. The van der Waals surface area contributed by atoms with Crippen molar-refractivity contribution in [2.24, 2.45) is 0 Å². The van der Waals surface area contributed by atoms with E-state index in [9.17, 15) is 9.18 Å². The fourth-order valence-corrected chi connectivity index (χ4v) is 0.482. The molecule has 0 fully saturated rings. The summed E-state index contributed by atoms with van der Waals surface area (Å²) in [5.41, 5.74) is 0. The summed E-state index contributed by atoms with van der Waals surface area (Å²) in [5.74, 6) is -0.0705. The van der Waals surface area contributed by atoms with Gasteiger partial charge in [0.05, 0.1) is 13.2 Å². The summed E-state index contributed by atoms with van der Waals surface area (Å²) < 4.78 is 11.5. The Morgan fingerprint density at radius 3 is 2.80 bits per heavy atom. The molecule has 60 valence electrons. The smallest absolute Gasteiger partial charge is 0.233 e. The van der Waals surface area contributed by atoms with E-state index in [1.54, 1.807) is 7.05 Å². The number of halogens is 1. The van der Waals surface area contributed by atoms with Crippen LogP contribution in [0.5, 0.6) is 0 Å². The highest BCUT2D eigenvalue weighted by Crippen LogP contribution is 1.75. The van der Waals surface area contributed by atoms with Crippen molar-refractivity contribution in [3.63, 3.8) is 0 Å². The number of amides is 1. The van der Waals surface area contributed by atoms with Crippen molar-refractivity contribution in [1.82, 2.24) is 10.6 Å². The Labute approximate surface area is 60.0 Å². The second-order valence-electron chi connectivity index (χ2n) is 1.89. The summed E-state index contributed by atoms with van der Waals surface area (Å²) in [5, 5.41) is 5.23. The average molecular weight is 148 g/mol. The molecule has 2 N–H and O–H groups in total. The lowest BCUT2D eigenvalue weighted by molar-refractivity contribution is -0.119. The molecule has 0 atom stereocenters. The van der Waals surface area contributed by atoms with Crippen molar-refractivity contribution < 1.29 is 9.18 Å². The minimum absolute atomic E-state index is 0.0705. The predicted molar refractivity (Wildman–Crippen MR) is 37.5 cm³/mol. The maximum Gasteiger partial charge on any atom is 0.233 e. The van der Waals surface area contributed by atoms with Gasteiger partial charge in [-0.1, -0.05) is 0 Å². The van der Waals surface area contributed by atoms with Gasteiger partial charge in [0.1, 0.15) is 0 Å². The Bertz CT molecular complexity index is 97.7. The molecular formula is C6H13FN2O. The van der Waals surface area contributed by atoms with Gasteiger partial charge in [-0.25, -0.2) is 0 Å². The SMILES string of the molecule is CNC(=O)CNCCCF. The molecule has 0 heterocycles. The molecule has 0 aromatic carbocycles. The summed E-state index contributed by atoms with van der Waals surface area (Å²) in [7, 11) is 1.57. The molecule has 1 amide bonds. The van der Waals surface area contributed by atoms with Gasteiger partial charge in [0.15, 0.2) is 0 Å². The Kier molecular flexibility index (Phi) is 6.06. The third-order valence-electron chi connectivity index (χ3n) is 1.05. The number of likely N-dealkylation sites (N-methyl/N-ethyl adjacent to an activating group) is 1. The molecule has 0 spiro atoms. The number of nitrogens with one attached hydrogen (secondary N) is 2. The van der Waals surface area contributed by atoms with Gasteiger partial charge in [0.25, 0.3) is 0 Å². The molecule has 0 saturated heterocycles. The second kappa shape index (κ2) is 6.48. The van der Waals surface area contributed by atoms with Crippen molar-refractivity contribution in [3.8, 4) is 0 Å². The lowest BCUT2D eigenvalue weighted by Gasteiger charge is -2.00. The molecule has 0 unspecified atom stereocenters. The highest BCUT2D eigenvalue weighted by molar-refractivity contribution is 5.77. The molecule has 3 nitrogen and oxygen atoms in total. The number of hydrogen-bond acceptors (Lipinski definition) is 2. The second-order valence-corrected chi connectivity index (χ2v) is 1.89. The van der Waals surface area contributed by atoms with Gasteiger partial charge < -0.3 is 10.6 Å². The van der Waals surface area contributed by atoms with Crippen LogP contribution in [-0.2, 0) is 4.79 Å². The van der Waals surface area contributed by atoms with Crippen molar-refractivity contribution in [2.45, 2.75) is 6.42 Å². The number of carbonyl (C=O) groups is 1. The van der Waals surface area contributed by atoms with Crippen molar-refractivity contribution in [2.75, 3.05) is 26.8 Å². The van der Waals surface area contributed by atoms with Crippen molar-refractivity contribution >= 4 is 5.91 Å². The third kappa shape index (κ3) is 5.50. The van der Waals surface area contributed by atoms with Crippen LogP contribution in [0.1, 0.15) is 6.42 Å². The Morgan fingerprint density at radius 1 is 1.60 bits per heavy atom. The molecular weight excluding hydrogens is 135 g/mol. The number of rotatable bonds is 5. The molecule has 4 heteroatoms. The standard InChI is InChI=1S/C6H13FN2O/c1-8-6(10)5-9-4-2-3-7/h9H,2-5H2,1H3,(H,8,10). The summed E-state index contributed by atoms with van der Waals surface area (Å²) in [6, 6.07) is 0. The monoisotopic (exact) mass is 148 g/mol. The van der Waals surface area contributed by atoms with Crippen LogP contribution in [0.25, 0.3) is 0 Å². The number of alkyl halides is 1. The quantitative estimate of drug-likeness (QED) is 0.525. The number of carbonyl (C=O) groups excluding carboxylic acids is 1. The maximum atomic E-state index is 11.5. The van der Waals surface area contributed by atoms with Gasteiger partial charge in [0.2, 0.25) is 5.91 Å². The predicted octanol–water partition coefficient (Wildman–Crippen LogP) is -0.318. The van der Waals surface area contributed by atoms with E-state index in [0.29, 0.717) is 13.0 Å². The Morgan fingerprint density at radius 2 is 2.30 bits per heavy atom. The first-order chi connectivity index (χ1) is 4.81. The minimum atomic E-state index is -0.333. The van der Waals surface area contributed by atoms with Crippen molar-refractivity contribution in [3.05, 3.63) is 0 Å². The van der Waals surface area contributed by atoms with E-state index in [0.717, 1.165) is 0 Å². The van der Waals surface area contributed by atoms with E-state index < -0.39 is 0 Å². The fraction of sp³-hybridized carbons (Fsp3) is 0.833. The summed E-state index contributed by atoms with van der Waals surface area (Å²) in [4.78, 5) is 10.5. The van der Waals surface area contributed by atoms with Gasteiger partial charge in [-0.3, -0.25) is 9.18 Å². The van der Waals surface area contributed by atoms with Crippen LogP contribution in [-0.4, -0.2) is 32.7 Å². The van der Waals surface area contributed by atoms with Crippen LogP contribution in [0.2, 0.25) is 0 Å². The first-order valence-electron chi connectivity index (χ1n) is 3.28. The Balaban J connectivity index is 2.96. The van der Waals surface area contributed by atoms with Crippen LogP contribution in [0.4, 0.5) is 4.39 Å². The molecule has 0 bridgehead atoms. The fourth-order valence-electron chi connectivity index (χ4n) is 0.482. The van der Waals surface area contributed by atoms with Crippen molar-refractivity contribution in [1.29, 1.82) is 0 Å². The molecule has 0 saturated carbocycles. The van der Waals surface area contributed by atoms with Crippen LogP contribution in [0.3, 0.4) is 0 Å². The maximum absolute atomic E-state index is 11.5. The van der Waals surface area contributed by atoms with Gasteiger partial charge in [0, 0.05) is 7.05 Å². The highest BCUT2D eigenvalue weighted by atomic mass is 19.1. The largest absolute Gasteiger partial charge is 0.358 e. The lowest BCUT2D eigenvalue weighted by Crippen LogP contribution is -2.31. The topological polar surface area (TPSA) is 41.1 Å². The third-order valence-corrected chi connectivity index (χ3v) is 1.05. The van der Waals surface area contributed by atoms with Crippen LogP contribution >= 0.6 is 0 Å². The first-order valence-corrected chi connectivity index (χ1v) is 3.28. The molecule has 0 radical (unpaired) electrons. The summed E-state index contributed by atoms with van der Waals surface area (Å²) >= 11 is 0. The molecule has 0 rings (SSSR count). The first kappa shape index (κ1) is 9.36. The van der Waals surface area contributed by atoms with Crippen LogP contribution in [0, 0.1) is 0 Å². The molecule has 10 heavy (non-hydrogen) atoms. The van der Waals surface area contributed by atoms with Crippen LogP contribution in [0.15, 0.2) is 0 Å². The van der Waals surface area contributed by atoms with E-state index in [1.807, 2.05) is 0 Å². The zero-order chi connectivity index (χ0) is 7.82. The molecule has 0 aliphatic carbocycles. The zero-order valence-electron chi connectivity index (χ0n) is 6.11. The van der Waals surface area contributed by atoms with E-state index in [-0.39, 0.29) is 19.1 Å². The molecule has 0 aliphatic rings. The van der Waals surface area contributed by atoms with Gasteiger partial charge >= 0.3 is 0 Å². The highest BCUT2D eigenvalue weighted by Gasteiger charge is 1.93. The zero-order valence-corrected chi connectivity index (χ0v) is 6.11. The van der Waals surface area contributed by atoms with E-state index in [1.165, 1.54) is 0 Å². The number of hydrogen-bond donors (Lipinski definition) is 2. The van der Waals surface area contributed by atoms with E-state index >= 15 is 0 Å². The van der Waals surface area contributed by atoms with Gasteiger partial charge in [-0.05, 0) is 13.0 Å². The lowest BCUT2D eigenvalue weighted by atomic mass is 10.4. The average Bonchev–Trinajstić information content (AvgIpc) is 1.98. The van der Waals surface area contributed by atoms with Gasteiger partial charge in [-0.15, -0.1) is 0 Å². The molecule has 0 aromatic heterocycles. The van der Waals surface area contributed by atoms with Crippen LogP contribution < -0.4 is 10.6 Å². The Hall–Kier alpha value is -0.640. The summed E-state index contributed by atoms with van der Waals surface area (Å²) in [6.45, 7) is 0.501. The molecule has 0 aromatic rings. The summed E-state index contributed by atoms with van der Waals surface area (Å²) in [6.07, 6.45) is 0.469. The van der Waals surface area contributed by atoms with E-state index in [2.05, 4.69) is 10.6 Å². The minimum Gasteiger partial charge on any atom is -0.358 e.